The molecule has 0 bridgehead atoms. The first-order chi connectivity index (χ1) is 11.7. The first-order valence-electron chi connectivity index (χ1n) is 8.85. The van der Waals surface area contributed by atoms with Crippen LogP contribution in [0.1, 0.15) is 38.9 Å². The number of rotatable bonds is 11. The molecule has 5 nitrogen and oxygen atoms in total. The fourth-order valence-electron chi connectivity index (χ4n) is 2.20. The summed E-state index contributed by atoms with van der Waals surface area (Å²) in [5, 5.41) is 6.61. The largest absolute Gasteiger partial charge is 0.381 e. The van der Waals surface area contributed by atoms with E-state index in [4.69, 9.17) is 9.47 Å². The number of guanidine groups is 1. The van der Waals surface area contributed by atoms with Crippen LogP contribution in [0.15, 0.2) is 35.3 Å². The number of hydrogen-bond acceptors (Lipinski definition) is 3. The van der Waals surface area contributed by atoms with Crippen molar-refractivity contribution < 1.29 is 9.47 Å². The minimum atomic E-state index is -0.0315. The van der Waals surface area contributed by atoms with Crippen molar-refractivity contribution in [1.29, 1.82) is 0 Å². The Morgan fingerprint density at radius 3 is 2.54 bits per heavy atom. The highest BCUT2D eigenvalue weighted by Crippen LogP contribution is 2.16. The third-order valence-electron chi connectivity index (χ3n) is 3.42. The summed E-state index contributed by atoms with van der Waals surface area (Å²) in [6.45, 7) is 10.2. The van der Waals surface area contributed by atoms with Gasteiger partial charge in [0.1, 0.15) is 6.10 Å². The van der Waals surface area contributed by atoms with E-state index in [9.17, 15) is 0 Å². The molecule has 0 fully saturated rings. The molecule has 24 heavy (non-hydrogen) atoms. The average Bonchev–Trinajstić information content (AvgIpc) is 2.59. The fourth-order valence-corrected chi connectivity index (χ4v) is 2.20. The highest BCUT2D eigenvalue weighted by molar-refractivity contribution is 5.79. The second-order valence-electron chi connectivity index (χ2n) is 6.10. The van der Waals surface area contributed by atoms with E-state index >= 15 is 0 Å². The molecule has 136 valence electrons. The van der Waals surface area contributed by atoms with Gasteiger partial charge in [-0.15, -0.1) is 0 Å². The van der Waals surface area contributed by atoms with E-state index in [1.165, 1.54) is 0 Å². The van der Waals surface area contributed by atoms with Gasteiger partial charge in [0.15, 0.2) is 5.96 Å². The second-order valence-corrected chi connectivity index (χ2v) is 6.10. The normalized spacial score (nSPS) is 13.1. The summed E-state index contributed by atoms with van der Waals surface area (Å²) in [6.07, 6.45) is 0.930. The van der Waals surface area contributed by atoms with Gasteiger partial charge in [-0.05, 0) is 24.8 Å². The molecule has 0 aliphatic rings. The van der Waals surface area contributed by atoms with E-state index < -0.39 is 0 Å². The van der Waals surface area contributed by atoms with Crippen LogP contribution in [0.3, 0.4) is 0 Å². The lowest BCUT2D eigenvalue weighted by molar-refractivity contribution is 0.108. The molecular weight excluding hydrogens is 302 g/mol. The Morgan fingerprint density at radius 2 is 1.92 bits per heavy atom. The van der Waals surface area contributed by atoms with Crippen molar-refractivity contribution in [1.82, 2.24) is 10.6 Å². The van der Waals surface area contributed by atoms with Gasteiger partial charge in [0.25, 0.3) is 0 Å². The Bertz CT molecular complexity index is 449. The number of nitrogens with zero attached hydrogens (tertiary/aromatic N) is 1. The van der Waals surface area contributed by atoms with Crippen LogP contribution in [-0.4, -0.2) is 45.9 Å². The fraction of sp³-hybridized carbons (Fsp3) is 0.632. The number of aliphatic imine (C=N–C) groups is 1. The molecule has 0 aliphatic heterocycles. The summed E-state index contributed by atoms with van der Waals surface area (Å²) in [6, 6.07) is 10.2. The summed E-state index contributed by atoms with van der Waals surface area (Å²) in [4.78, 5) is 4.64. The van der Waals surface area contributed by atoms with Crippen molar-refractivity contribution in [3.63, 3.8) is 0 Å². The first kappa shape index (κ1) is 20.5. The Balaban J connectivity index is 2.40. The average molecular weight is 335 g/mol. The van der Waals surface area contributed by atoms with Gasteiger partial charge in [-0.25, -0.2) is 0 Å². The first-order valence-corrected chi connectivity index (χ1v) is 8.85. The molecule has 0 saturated carbocycles. The highest BCUT2D eigenvalue weighted by atomic mass is 16.5. The zero-order valence-corrected chi connectivity index (χ0v) is 15.5. The van der Waals surface area contributed by atoms with Gasteiger partial charge in [0.05, 0.1) is 6.54 Å². The van der Waals surface area contributed by atoms with Crippen molar-refractivity contribution in [2.24, 2.45) is 10.9 Å². The van der Waals surface area contributed by atoms with Crippen LogP contribution in [-0.2, 0) is 9.47 Å². The van der Waals surface area contributed by atoms with Gasteiger partial charge >= 0.3 is 0 Å². The van der Waals surface area contributed by atoms with Crippen LogP contribution in [0, 0.1) is 5.92 Å². The van der Waals surface area contributed by atoms with Crippen LogP contribution in [0.5, 0.6) is 0 Å². The predicted octanol–water partition coefficient (Wildman–Crippen LogP) is 2.99. The molecule has 0 aliphatic carbocycles. The van der Waals surface area contributed by atoms with Gasteiger partial charge in [-0.1, -0.05) is 44.2 Å². The molecule has 1 aromatic rings. The van der Waals surface area contributed by atoms with Crippen LogP contribution < -0.4 is 10.6 Å². The van der Waals surface area contributed by atoms with Gasteiger partial charge in [-0.3, -0.25) is 4.99 Å². The number of hydrogen-bond donors (Lipinski definition) is 2. The SMILES string of the molecule is CCNC(=NCC(OC)c1ccccc1)NCCCOCC(C)C. The van der Waals surface area contributed by atoms with Gasteiger partial charge in [0, 0.05) is 33.4 Å². The molecule has 5 heteroatoms. The Hall–Kier alpha value is -1.59. The maximum absolute atomic E-state index is 5.59. The number of benzene rings is 1. The summed E-state index contributed by atoms with van der Waals surface area (Å²) in [7, 11) is 1.72. The zero-order valence-electron chi connectivity index (χ0n) is 15.5. The lowest BCUT2D eigenvalue weighted by atomic mass is 10.1. The number of ether oxygens (including phenoxy) is 2. The topological polar surface area (TPSA) is 54.9 Å². The third kappa shape index (κ3) is 8.89. The summed E-state index contributed by atoms with van der Waals surface area (Å²) in [5.41, 5.74) is 1.14. The van der Waals surface area contributed by atoms with Crippen molar-refractivity contribution in [3.05, 3.63) is 35.9 Å². The van der Waals surface area contributed by atoms with E-state index in [0.717, 1.165) is 44.2 Å². The Labute approximate surface area is 146 Å². The maximum Gasteiger partial charge on any atom is 0.191 e. The lowest BCUT2D eigenvalue weighted by Gasteiger charge is -2.16. The summed E-state index contributed by atoms with van der Waals surface area (Å²) < 4.78 is 11.2. The van der Waals surface area contributed by atoms with Gasteiger partial charge < -0.3 is 20.1 Å². The van der Waals surface area contributed by atoms with Crippen molar-refractivity contribution >= 4 is 5.96 Å². The van der Waals surface area contributed by atoms with E-state index in [0.29, 0.717) is 12.5 Å². The Morgan fingerprint density at radius 1 is 1.17 bits per heavy atom. The smallest absolute Gasteiger partial charge is 0.191 e. The van der Waals surface area contributed by atoms with Crippen LogP contribution in [0.2, 0.25) is 0 Å². The third-order valence-corrected chi connectivity index (χ3v) is 3.42. The van der Waals surface area contributed by atoms with E-state index in [1.807, 2.05) is 18.2 Å². The van der Waals surface area contributed by atoms with Crippen molar-refractivity contribution in [2.45, 2.75) is 33.3 Å². The van der Waals surface area contributed by atoms with E-state index in [1.54, 1.807) is 7.11 Å². The standard InChI is InChI=1S/C19H33N3O2/c1-5-20-19(21-12-9-13-24-15-16(2)3)22-14-18(23-4)17-10-7-6-8-11-17/h6-8,10-11,16,18H,5,9,12-15H2,1-4H3,(H2,20,21,22). The minimum absolute atomic E-state index is 0.0315. The number of nitrogens with one attached hydrogen (secondary N) is 2. The molecule has 1 atom stereocenters. The Kier molecular flexibility index (Phi) is 10.9. The quantitative estimate of drug-likeness (QED) is 0.371. The molecule has 0 spiro atoms. The molecule has 0 radical (unpaired) electrons. The van der Waals surface area contributed by atoms with Crippen molar-refractivity contribution in [3.8, 4) is 0 Å². The van der Waals surface area contributed by atoms with Crippen LogP contribution >= 0.6 is 0 Å². The summed E-state index contributed by atoms with van der Waals surface area (Å²) >= 11 is 0. The molecule has 0 aromatic heterocycles. The van der Waals surface area contributed by atoms with Crippen molar-refractivity contribution in [2.75, 3.05) is 40.0 Å². The number of methoxy groups -OCH3 is 1. The van der Waals surface area contributed by atoms with E-state index in [-0.39, 0.29) is 6.10 Å². The monoisotopic (exact) mass is 335 g/mol. The van der Waals surface area contributed by atoms with Crippen LogP contribution in [0.25, 0.3) is 0 Å². The minimum Gasteiger partial charge on any atom is -0.381 e. The second kappa shape index (κ2) is 12.8. The molecule has 1 rings (SSSR count). The molecular formula is C19H33N3O2. The molecule has 0 amide bonds. The molecule has 0 saturated heterocycles. The van der Waals surface area contributed by atoms with Gasteiger partial charge in [0.2, 0.25) is 0 Å². The zero-order chi connectivity index (χ0) is 17.6. The molecule has 2 N–H and O–H groups in total. The lowest BCUT2D eigenvalue weighted by Crippen LogP contribution is -2.38. The van der Waals surface area contributed by atoms with Crippen LogP contribution in [0.4, 0.5) is 0 Å². The van der Waals surface area contributed by atoms with Gasteiger partial charge in [-0.2, -0.15) is 0 Å². The summed E-state index contributed by atoms with van der Waals surface area (Å²) in [5.74, 6) is 1.40. The highest BCUT2D eigenvalue weighted by Gasteiger charge is 2.09. The maximum atomic E-state index is 5.59. The van der Waals surface area contributed by atoms with E-state index in [2.05, 4.69) is 48.5 Å². The molecule has 1 aromatic carbocycles. The molecule has 0 heterocycles. The molecule has 1 unspecified atom stereocenters. The predicted molar refractivity (Wildman–Crippen MR) is 100 cm³/mol.